The van der Waals surface area contributed by atoms with Gasteiger partial charge in [-0.25, -0.2) is 0 Å². The molecule has 0 unspecified atom stereocenters. The molecule has 0 saturated carbocycles. The summed E-state index contributed by atoms with van der Waals surface area (Å²) in [5.74, 6) is 0.668. The average molecular weight is 262 g/mol. The molecule has 0 aliphatic carbocycles. The number of amides is 1. The minimum absolute atomic E-state index is 0.00662. The monoisotopic (exact) mass is 262 g/mol. The minimum Gasteiger partial charge on any atom is -0.372 e. The zero-order valence-corrected chi connectivity index (χ0v) is 11.9. The van der Waals surface area contributed by atoms with Crippen molar-refractivity contribution in [2.75, 3.05) is 25.5 Å². The molecule has 0 atom stereocenters. The summed E-state index contributed by atoms with van der Waals surface area (Å²) in [5.41, 5.74) is 0.759. The highest BCUT2D eigenvalue weighted by Crippen LogP contribution is 2.30. The second-order valence-electron chi connectivity index (χ2n) is 5.86. The second kappa shape index (κ2) is 5.55. The Kier molecular flexibility index (Phi) is 4.02. The van der Waals surface area contributed by atoms with Crippen molar-refractivity contribution >= 4 is 11.7 Å². The molecule has 1 aliphatic heterocycles. The van der Waals surface area contributed by atoms with Crippen LogP contribution in [0.15, 0.2) is 12.1 Å². The van der Waals surface area contributed by atoms with Gasteiger partial charge in [0.1, 0.15) is 5.82 Å². The lowest BCUT2D eigenvalue weighted by atomic mass is 9.85. The van der Waals surface area contributed by atoms with Gasteiger partial charge in [-0.05, 0) is 36.8 Å². The van der Waals surface area contributed by atoms with Crippen LogP contribution < -0.4 is 5.32 Å². The molecule has 5 nitrogen and oxygen atoms in total. The van der Waals surface area contributed by atoms with Gasteiger partial charge < -0.3 is 10.2 Å². The predicted octanol–water partition coefficient (Wildman–Crippen LogP) is 2.17. The molecule has 1 fully saturated rings. The number of carbonyl (C=O) groups excluding carboxylic acids is 1. The maximum absolute atomic E-state index is 12.4. The Hall–Kier alpha value is -1.65. The van der Waals surface area contributed by atoms with Crippen molar-refractivity contribution in [2.24, 2.45) is 5.41 Å². The molecule has 0 radical (unpaired) electrons. The predicted molar refractivity (Wildman–Crippen MR) is 75.1 cm³/mol. The SMILES string of the molecule is CNc1ccc(C(=O)N2CCCC(C)(C)CC2)nn1. The fraction of sp³-hybridized carbons (Fsp3) is 0.643. The molecule has 1 amide bonds. The normalized spacial score (nSPS) is 18.8. The lowest BCUT2D eigenvalue weighted by Gasteiger charge is -2.23. The van der Waals surface area contributed by atoms with Crippen molar-refractivity contribution in [3.8, 4) is 0 Å². The van der Waals surface area contributed by atoms with E-state index in [1.54, 1.807) is 19.2 Å². The van der Waals surface area contributed by atoms with Crippen LogP contribution >= 0.6 is 0 Å². The van der Waals surface area contributed by atoms with E-state index in [1.165, 1.54) is 6.42 Å². The van der Waals surface area contributed by atoms with Gasteiger partial charge in [0.25, 0.3) is 5.91 Å². The molecule has 0 aromatic carbocycles. The number of likely N-dealkylation sites (tertiary alicyclic amines) is 1. The number of anilines is 1. The lowest BCUT2D eigenvalue weighted by Crippen LogP contribution is -2.33. The smallest absolute Gasteiger partial charge is 0.274 e. The number of rotatable bonds is 2. The van der Waals surface area contributed by atoms with Gasteiger partial charge in [0, 0.05) is 20.1 Å². The molecule has 19 heavy (non-hydrogen) atoms. The van der Waals surface area contributed by atoms with Gasteiger partial charge in [-0.2, -0.15) is 0 Å². The first-order valence-corrected chi connectivity index (χ1v) is 6.83. The van der Waals surface area contributed by atoms with E-state index < -0.39 is 0 Å². The Labute approximate surface area is 114 Å². The third kappa shape index (κ3) is 3.43. The number of nitrogens with one attached hydrogen (secondary N) is 1. The fourth-order valence-corrected chi connectivity index (χ4v) is 2.37. The van der Waals surface area contributed by atoms with Gasteiger partial charge in [0.15, 0.2) is 5.69 Å². The van der Waals surface area contributed by atoms with Gasteiger partial charge in [0.2, 0.25) is 0 Å². The first kappa shape index (κ1) is 13.8. The highest BCUT2D eigenvalue weighted by atomic mass is 16.2. The van der Waals surface area contributed by atoms with E-state index in [1.807, 2.05) is 4.90 Å². The Morgan fingerprint density at radius 1 is 1.26 bits per heavy atom. The number of hydrogen-bond donors (Lipinski definition) is 1. The van der Waals surface area contributed by atoms with Crippen LogP contribution in [0.25, 0.3) is 0 Å². The van der Waals surface area contributed by atoms with Crippen LogP contribution in [0.4, 0.5) is 5.82 Å². The summed E-state index contributed by atoms with van der Waals surface area (Å²) in [5, 5.41) is 10.8. The van der Waals surface area contributed by atoms with E-state index in [4.69, 9.17) is 0 Å². The van der Waals surface area contributed by atoms with Crippen LogP contribution in [0.2, 0.25) is 0 Å². The van der Waals surface area contributed by atoms with E-state index in [0.717, 1.165) is 25.9 Å². The van der Waals surface area contributed by atoms with E-state index in [9.17, 15) is 4.79 Å². The van der Waals surface area contributed by atoms with Gasteiger partial charge in [-0.15, -0.1) is 10.2 Å². The summed E-state index contributed by atoms with van der Waals surface area (Å²) in [6.45, 7) is 6.16. The van der Waals surface area contributed by atoms with Crippen molar-refractivity contribution in [1.82, 2.24) is 15.1 Å². The molecule has 1 aromatic heterocycles. The van der Waals surface area contributed by atoms with Crippen LogP contribution in [0.1, 0.15) is 43.6 Å². The van der Waals surface area contributed by atoms with Gasteiger partial charge in [0.05, 0.1) is 0 Å². The minimum atomic E-state index is -0.00662. The maximum atomic E-state index is 12.4. The number of carbonyl (C=O) groups is 1. The first-order valence-electron chi connectivity index (χ1n) is 6.83. The zero-order valence-electron chi connectivity index (χ0n) is 11.9. The largest absolute Gasteiger partial charge is 0.372 e. The molecule has 2 heterocycles. The van der Waals surface area contributed by atoms with E-state index in [2.05, 4.69) is 29.4 Å². The van der Waals surface area contributed by atoms with E-state index in [-0.39, 0.29) is 5.91 Å². The standard InChI is InChI=1S/C14H22N4O/c1-14(2)7-4-9-18(10-8-14)13(19)11-5-6-12(15-3)17-16-11/h5-6H,4,7-10H2,1-3H3,(H,15,17). The van der Waals surface area contributed by atoms with E-state index >= 15 is 0 Å². The van der Waals surface area contributed by atoms with Crippen LogP contribution in [0.3, 0.4) is 0 Å². The van der Waals surface area contributed by atoms with Crippen LogP contribution in [0.5, 0.6) is 0 Å². The molecular weight excluding hydrogens is 240 g/mol. The third-order valence-electron chi connectivity index (χ3n) is 3.77. The number of aromatic nitrogens is 2. The van der Waals surface area contributed by atoms with Crippen LogP contribution in [-0.2, 0) is 0 Å². The van der Waals surface area contributed by atoms with Crippen molar-refractivity contribution in [2.45, 2.75) is 33.1 Å². The Morgan fingerprint density at radius 2 is 2.05 bits per heavy atom. The van der Waals surface area contributed by atoms with E-state index in [0.29, 0.717) is 16.9 Å². The molecule has 5 heteroatoms. The number of nitrogens with zero attached hydrogens (tertiary/aromatic N) is 3. The van der Waals surface area contributed by atoms with Crippen molar-refractivity contribution in [1.29, 1.82) is 0 Å². The van der Waals surface area contributed by atoms with Crippen LogP contribution in [-0.4, -0.2) is 41.1 Å². The molecular formula is C14H22N4O. The third-order valence-corrected chi connectivity index (χ3v) is 3.77. The second-order valence-corrected chi connectivity index (χ2v) is 5.86. The van der Waals surface area contributed by atoms with Crippen molar-refractivity contribution < 1.29 is 4.79 Å². The van der Waals surface area contributed by atoms with Gasteiger partial charge in [-0.3, -0.25) is 4.79 Å². The molecule has 1 aromatic rings. The fourth-order valence-electron chi connectivity index (χ4n) is 2.37. The summed E-state index contributed by atoms with van der Waals surface area (Å²) in [6, 6.07) is 3.51. The molecule has 104 valence electrons. The number of hydrogen-bond acceptors (Lipinski definition) is 4. The molecule has 0 spiro atoms. The summed E-state index contributed by atoms with van der Waals surface area (Å²) in [6.07, 6.45) is 3.27. The molecule has 1 aliphatic rings. The summed E-state index contributed by atoms with van der Waals surface area (Å²) in [7, 11) is 1.78. The Bertz CT molecular complexity index is 441. The molecule has 1 saturated heterocycles. The highest BCUT2D eigenvalue weighted by Gasteiger charge is 2.26. The Morgan fingerprint density at radius 3 is 2.68 bits per heavy atom. The average Bonchev–Trinajstić information content (AvgIpc) is 2.59. The zero-order chi connectivity index (χ0) is 13.9. The maximum Gasteiger partial charge on any atom is 0.274 e. The molecule has 2 rings (SSSR count). The highest BCUT2D eigenvalue weighted by molar-refractivity contribution is 5.92. The summed E-state index contributed by atoms with van der Waals surface area (Å²) >= 11 is 0. The first-order chi connectivity index (χ1) is 9.02. The molecule has 1 N–H and O–H groups in total. The summed E-state index contributed by atoms with van der Waals surface area (Å²) in [4.78, 5) is 14.3. The van der Waals surface area contributed by atoms with Crippen molar-refractivity contribution in [3.05, 3.63) is 17.8 Å². The van der Waals surface area contributed by atoms with Gasteiger partial charge in [-0.1, -0.05) is 13.8 Å². The topological polar surface area (TPSA) is 58.1 Å². The lowest BCUT2D eigenvalue weighted by molar-refractivity contribution is 0.0750. The van der Waals surface area contributed by atoms with Crippen molar-refractivity contribution in [3.63, 3.8) is 0 Å². The van der Waals surface area contributed by atoms with Gasteiger partial charge >= 0.3 is 0 Å². The molecule has 0 bridgehead atoms. The summed E-state index contributed by atoms with van der Waals surface area (Å²) < 4.78 is 0. The van der Waals surface area contributed by atoms with Crippen LogP contribution in [0, 0.1) is 5.41 Å². The Balaban J connectivity index is 2.06. The quantitative estimate of drug-likeness (QED) is 0.887.